The van der Waals surface area contributed by atoms with Crippen molar-refractivity contribution in [1.29, 1.82) is 0 Å². The van der Waals surface area contributed by atoms with Gasteiger partial charge in [0.05, 0.1) is 11.9 Å². The summed E-state index contributed by atoms with van der Waals surface area (Å²) in [5.41, 5.74) is 7.09. The lowest BCUT2D eigenvalue weighted by Gasteiger charge is -2.07. The molecule has 0 radical (unpaired) electrons. The summed E-state index contributed by atoms with van der Waals surface area (Å²) in [4.78, 5) is 17.2. The maximum atomic E-state index is 13.3. The number of nitrogens with zero attached hydrogens (tertiary/aromatic N) is 2. The molecular formula is C30H22ClFN4O2S. The average Bonchev–Trinajstić information content (AvgIpc) is 3.42. The molecule has 5 aromatic rings. The summed E-state index contributed by atoms with van der Waals surface area (Å²) >= 11 is 7.43. The first-order valence-electron chi connectivity index (χ1n) is 11.9. The zero-order chi connectivity index (χ0) is 27.0. The zero-order valence-electron chi connectivity index (χ0n) is 20.5. The highest BCUT2D eigenvalue weighted by molar-refractivity contribution is 7.14. The summed E-state index contributed by atoms with van der Waals surface area (Å²) in [6, 6.07) is 28.1. The zero-order valence-corrected chi connectivity index (χ0v) is 22.0. The quantitative estimate of drug-likeness (QED) is 0.144. The molecule has 9 heteroatoms. The van der Waals surface area contributed by atoms with E-state index in [0.29, 0.717) is 16.3 Å². The summed E-state index contributed by atoms with van der Waals surface area (Å²) in [6.45, 7) is 0.242. The first-order valence-corrected chi connectivity index (χ1v) is 13.2. The number of hydrogen-bond donors (Lipinski definition) is 2. The van der Waals surface area contributed by atoms with Gasteiger partial charge in [0, 0.05) is 27.2 Å². The van der Waals surface area contributed by atoms with Crippen LogP contribution in [-0.2, 0) is 6.61 Å². The summed E-state index contributed by atoms with van der Waals surface area (Å²) in [5, 5.41) is 10.7. The second kappa shape index (κ2) is 12.3. The maximum Gasteiger partial charge on any atom is 0.271 e. The molecule has 0 atom stereocenters. The second-order valence-corrected chi connectivity index (χ2v) is 9.73. The van der Waals surface area contributed by atoms with Gasteiger partial charge in [-0.05, 0) is 71.8 Å². The fraction of sp³-hybridized carbons (Fsp3) is 0.0333. The van der Waals surface area contributed by atoms with Crippen LogP contribution in [0.5, 0.6) is 5.75 Å². The van der Waals surface area contributed by atoms with Crippen LogP contribution in [0.4, 0.5) is 15.2 Å². The Bertz CT molecular complexity index is 1600. The Morgan fingerprint density at radius 3 is 2.59 bits per heavy atom. The van der Waals surface area contributed by atoms with Gasteiger partial charge in [-0.15, -0.1) is 11.3 Å². The summed E-state index contributed by atoms with van der Waals surface area (Å²) in [7, 11) is 0. The highest BCUT2D eigenvalue weighted by Crippen LogP contribution is 2.28. The van der Waals surface area contributed by atoms with E-state index in [4.69, 9.17) is 16.3 Å². The highest BCUT2D eigenvalue weighted by atomic mass is 35.5. The van der Waals surface area contributed by atoms with E-state index in [1.54, 1.807) is 36.4 Å². The van der Waals surface area contributed by atoms with Crippen molar-refractivity contribution in [2.75, 3.05) is 5.32 Å². The number of carbonyl (C=O) groups excluding carboxylic acids is 1. The molecule has 0 aliphatic carbocycles. The fourth-order valence-electron chi connectivity index (χ4n) is 3.62. The van der Waals surface area contributed by atoms with Crippen molar-refractivity contribution in [2.24, 2.45) is 5.10 Å². The first kappa shape index (κ1) is 26.1. The minimum absolute atomic E-state index is 0.242. The monoisotopic (exact) mass is 556 g/mol. The van der Waals surface area contributed by atoms with E-state index in [1.807, 2.05) is 53.9 Å². The topological polar surface area (TPSA) is 75.6 Å². The van der Waals surface area contributed by atoms with Crippen LogP contribution >= 0.6 is 22.9 Å². The number of hydrazone groups is 1. The Kier molecular flexibility index (Phi) is 8.26. The van der Waals surface area contributed by atoms with Crippen molar-refractivity contribution < 1.29 is 13.9 Å². The molecule has 0 saturated carbocycles. The molecular weight excluding hydrogens is 535 g/mol. The van der Waals surface area contributed by atoms with Crippen LogP contribution in [0.2, 0.25) is 5.02 Å². The van der Waals surface area contributed by atoms with Crippen LogP contribution in [0, 0.1) is 5.82 Å². The van der Waals surface area contributed by atoms with Crippen LogP contribution in [0.15, 0.2) is 108 Å². The Morgan fingerprint density at radius 1 is 1.00 bits per heavy atom. The van der Waals surface area contributed by atoms with Gasteiger partial charge in [-0.3, -0.25) is 4.79 Å². The van der Waals surface area contributed by atoms with Crippen molar-refractivity contribution in [2.45, 2.75) is 6.61 Å². The molecule has 6 nitrogen and oxygen atoms in total. The largest absolute Gasteiger partial charge is 0.489 e. The van der Waals surface area contributed by atoms with E-state index in [2.05, 4.69) is 20.8 Å². The number of halogens is 2. The number of aromatic nitrogens is 1. The number of carbonyl (C=O) groups is 1. The van der Waals surface area contributed by atoms with E-state index in [-0.39, 0.29) is 18.3 Å². The summed E-state index contributed by atoms with van der Waals surface area (Å²) in [6.07, 6.45) is 1.53. The Labute approximate surface area is 233 Å². The third-order valence-corrected chi connectivity index (χ3v) is 6.58. The highest BCUT2D eigenvalue weighted by Gasteiger charge is 2.08. The van der Waals surface area contributed by atoms with Crippen molar-refractivity contribution in [1.82, 2.24) is 10.4 Å². The van der Waals surface area contributed by atoms with Crippen molar-refractivity contribution in [3.05, 3.63) is 130 Å². The molecule has 2 N–H and O–H groups in total. The van der Waals surface area contributed by atoms with Gasteiger partial charge >= 0.3 is 0 Å². The van der Waals surface area contributed by atoms with Crippen LogP contribution < -0.4 is 15.5 Å². The SMILES string of the molecule is O=C(N/N=C\c1cccc(OCc2cccc(F)c2)c1)c1ccc(-c2csc(Nc3ccc(Cl)cc3)n2)cc1. The van der Waals surface area contributed by atoms with Gasteiger partial charge in [0.2, 0.25) is 0 Å². The molecule has 5 rings (SSSR count). The third kappa shape index (κ3) is 7.28. The Morgan fingerprint density at radius 2 is 1.79 bits per heavy atom. The number of anilines is 2. The standard InChI is InChI=1S/C30H22ClFN4O2S/c31-24-11-13-26(14-12-24)34-30-35-28(19-39-30)22-7-9-23(10-8-22)29(37)36-33-17-20-3-2-6-27(16-20)38-18-21-4-1-5-25(32)15-21/h1-17,19H,18H2,(H,34,35)(H,36,37)/b33-17-. The molecule has 0 spiro atoms. The molecule has 0 bridgehead atoms. The number of hydrogen-bond acceptors (Lipinski definition) is 6. The van der Waals surface area contributed by atoms with Gasteiger partial charge in [0.25, 0.3) is 5.91 Å². The van der Waals surface area contributed by atoms with Gasteiger partial charge in [0.1, 0.15) is 18.2 Å². The lowest BCUT2D eigenvalue weighted by Crippen LogP contribution is -2.17. The lowest BCUT2D eigenvalue weighted by atomic mass is 10.1. The predicted molar refractivity (Wildman–Crippen MR) is 155 cm³/mol. The maximum absolute atomic E-state index is 13.3. The minimum Gasteiger partial charge on any atom is -0.489 e. The second-order valence-electron chi connectivity index (χ2n) is 8.44. The molecule has 4 aromatic carbocycles. The molecule has 1 amide bonds. The molecule has 1 heterocycles. The van der Waals surface area contributed by atoms with E-state index >= 15 is 0 Å². The van der Waals surface area contributed by atoms with Gasteiger partial charge in [-0.1, -0.05) is 48.0 Å². The molecule has 39 heavy (non-hydrogen) atoms. The lowest BCUT2D eigenvalue weighted by molar-refractivity contribution is 0.0955. The molecule has 194 valence electrons. The average molecular weight is 557 g/mol. The smallest absolute Gasteiger partial charge is 0.271 e. The van der Waals surface area contributed by atoms with Crippen LogP contribution in [-0.4, -0.2) is 17.1 Å². The van der Waals surface area contributed by atoms with Crippen molar-refractivity contribution >= 4 is 45.9 Å². The molecule has 0 aliphatic rings. The van der Waals surface area contributed by atoms with Gasteiger partial charge in [-0.25, -0.2) is 14.8 Å². The number of amides is 1. The molecule has 0 unspecified atom stereocenters. The van der Waals surface area contributed by atoms with Crippen molar-refractivity contribution in [3.63, 3.8) is 0 Å². The van der Waals surface area contributed by atoms with E-state index < -0.39 is 0 Å². The number of nitrogens with one attached hydrogen (secondary N) is 2. The molecule has 0 aliphatic heterocycles. The van der Waals surface area contributed by atoms with Crippen LogP contribution in [0.25, 0.3) is 11.3 Å². The number of benzene rings is 4. The minimum atomic E-state index is -0.334. The predicted octanol–water partition coefficient (Wildman–Crippen LogP) is 7.69. The van der Waals surface area contributed by atoms with E-state index in [1.165, 1.54) is 29.7 Å². The van der Waals surface area contributed by atoms with E-state index in [9.17, 15) is 9.18 Å². The van der Waals surface area contributed by atoms with Gasteiger partial charge in [-0.2, -0.15) is 5.10 Å². The number of thiazole rings is 1. The van der Waals surface area contributed by atoms with Crippen LogP contribution in [0.3, 0.4) is 0 Å². The molecule has 1 aromatic heterocycles. The van der Waals surface area contributed by atoms with Gasteiger partial charge in [0.15, 0.2) is 5.13 Å². The summed E-state index contributed by atoms with van der Waals surface area (Å²) < 4.78 is 19.1. The fourth-order valence-corrected chi connectivity index (χ4v) is 4.49. The molecule has 0 fully saturated rings. The molecule has 0 saturated heterocycles. The number of rotatable bonds is 9. The first-order chi connectivity index (χ1) is 19.0. The van der Waals surface area contributed by atoms with Crippen molar-refractivity contribution in [3.8, 4) is 17.0 Å². The summed E-state index contributed by atoms with van der Waals surface area (Å²) in [5.74, 6) is -0.0273. The Balaban J connectivity index is 1.15. The Hall–Kier alpha value is -4.53. The normalized spacial score (nSPS) is 10.9. The number of ether oxygens (including phenoxy) is 1. The van der Waals surface area contributed by atoms with E-state index in [0.717, 1.165) is 33.2 Å². The van der Waals surface area contributed by atoms with Gasteiger partial charge < -0.3 is 10.1 Å². The van der Waals surface area contributed by atoms with Crippen LogP contribution in [0.1, 0.15) is 21.5 Å². The third-order valence-electron chi connectivity index (χ3n) is 5.57.